The fourth-order valence-corrected chi connectivity index (χ4v) is 4.64. The van der Waals surface area contributed by atoms with E-state index in [2.05, 4.69) is 39.0 Å². The molecule has 1 fully saturated rings. The maximum Gasteiger partial charge on any atom is 0.264 e. The minimum Gasteiger partial charge on any atom is -0.493 e. The maximum atomic E-state index is 12.5. The smallest absolute Gasteiger partial charge is 0.264 e. The highest BCUT2D eigenvalue weighted by molar-refractivity contribution is 9.11. The van der Waals surface area contributed by atoms with Crippen molar-refractivity contribution in [3.05, 3.63) is 50.1 Å². The molecule has 0 unspecified atom stereocenters. The highest BCUT2D eigenvalue weighted by Gasteiger charge is 2.23. The minimum absolute atomic E-state index is 0.153. The van der Waals surface area contributed by atoms with Crippen LogP contribution in [-0.2, 0) is 13.0 Å². The Morgan fingerprint density at radius 3 is 2.75 bits per heavy atom. The van der Waals surface area contributed by atoms with Crippen molar-refractivity contribution in [3.8, 4) is 5.75 Å². The zero-order valence-electron chi connectivity index (χ0n) is 13.3. The summed E-state index contributed by atoms with van der Waals surface area (Å²) in [5.41, 5.74) is 2.66. The van der Waals surface area contributed by atoms with Gasteiger partial charge < -0.3 is 9.64 Å². The summed E-state index contributed by atoms with van der Waals surface area (Å²) in [5.74, 6) is 1.19. The number of fused-ring (bicyclic) bond motifs is 1. The van der Waals surface area contributed by atoms with Crippen molar-refractivity contribution in [1.82, 2.24) is 9.80 Å². The van der Waals surface area contributed by atoms with Gasteiger partial charge in [0.1, 0.15) is 5.75 Å². The molecule has 1 amide bonds. The van der Waals surface area contributed by atoms with Crippen molar-refractivity contribution in [3.63, 3.8) is 0 Å². The van der Waals surface area contributed by atoms with Gasteiger partial charge in [-0.05, 0) is 45.3 Å². The molecule has 24 heavy (non-hydrogen) atoms. The largest absolute Gasteiger partial charge is 0.493 e. The van der Waals surface area contributed by atoms with E-state index in [1.165, 1.54) is 22.5 Å². The summed E-state index contributed by atoms with van der Waals surface area (Å²) in [5, 5.41) is 0. The number of amides is 1. The number of hydrogen-bond acceptors (Lipinski definition) is 4. The summed E-state index contributed by atoms with van der Waals surface area (Å²) >= 11 is 4.93. The van der Waals surface area contributed by atoms with E-state index in [4.69, 9.17) is 4.74 Å². The molecule has 2 aliphatic heterocycles. The molecule has 0 N–H and O–H groups in total. The molecule has 1 aromatic carbocycles. The van der Waals surface area contributed by atoms with Crippen molar-refractivity contribution >= 4 is 33.2 Å². The molecule has 0 aliphatic carbocycles. The van der Waals surface area contributed by atoms with Crippen LogP contribution < -0.4 is 4.74 Å². The van der Waals surface area contributed by atoms with Crippen LogP contribution in [0.15, 0.2) is 34.1 Å². The monoisotopic (exact) mass is 406 g/mol. The number of carbonyl (C=O) groups is 1. The minimum atomic E-state index is 0.153. The molecular weight excluding hydrogens is 388 g/mol. The topological polar surface area (TPSA) is 32.8 Å². The van der Waals surface area contributed by atoms with E-state index >= 15 is 0 Å². The summed E-state index contributed by atoms with van der Waals surface area (Å²) in [6.07, 6.45) is 1.02. The summed E-state index contributed by atoms with van der Waals surface area (Å²) in [4.78, 5) is 17.7. The van der Waals surface area contributed by atoms with Crippen LogP contribution in [0.2, 0.25) is 0 Å². The Hall–Kier alpha value is -1.37. The van der Waals surface area contributed by atoms with Crippen molar-refractivity contribution in [2.45, 2.75) is 13.0 Å². The third-order valence-corrected chi connectivity index (χ3v) is 6.22. The van der Waals surface area contributed by atoms with E-state index in [0.717, 1.165) is 60.2 Å². The van der Waals surface area contributed by atoms with Gasteiger partial charge in [0.25, 0.3) is 5.91 Å². The van der Waals surface area contributed by atoms with Gasteiger partial charge in [-0.2, -0.15) is 0 Å². The van der Waals surface area contributed by atoms with Crippen molar-refractivity contribution < 1.29 is 9.53 Å². The van der Waals surface area contributed by atoms with Crippen LogP contribution in [0, 0.1) is 0 Å². The molecule has 0 saturated carbocycles. The molecule has 4 nitrogen and oxygen atoms in total. The molecule has 6 heteroatoms. The summed E-state index contributed by atoms with van der Waals surface area (Å²) in [7, 11) is 0. The lowest BCUT2D eigenvalue weighted by Crippen LogP contribution is -2.48. The van der Waals surface area contributed by atoms with Crippen LogP contribution in [0.1, 0.15) is 20.8 Å². The number of nitrogens with zero attached hydrogens (tertiary/aromatic N) is 2. The number of benzene rings is 1. The molecule has 1 saturated heterocycles. The number of hydrogen-bond donors (Lipinski definition) is 0. The van der Waals surface area contributed by atoms with E-state index in [1.807, 2.05) is 17.0 Å². The first-order chi connectivity index (χ1) is 11.7. The molecule has 1 aromatic heterocycles. The lowest BCUT2D eigenvalue weighted by Gasteiger charge is -2.34. The molecule has 4 rings (SSSR count). The quantitative estimate of drug-likeness (QED) is 0.782. The van der Waals surface area contributed by atoms with Crippen molar-refractivity contribution in [2.24, 2.45) is 0 Å². The first-order valence-electron chi connectivity index (χ1n) is 8.20. The maximum absolute atomic E-state index is 12.5. The van der Waals surface area contributed by atoms with Gasteiger partial charge in [-0.3, -0.25) is 9.69 Å². The molecule has 0 radical (unpaired) electrons. The molecule has 3 heterocycles. The van der Waals surface area contributed by atoms with Gasteiger partial charge in [-0.1, -0.05) is 12.1 Å². The Balaban J connectivity index is 1.34. The van der Waals surface area contributed by atoms with Gasteiger partial charge in [0.15, 0.2) is 0 Å². The average molecular weight is 407 g/mol. The molecule has 126 valence electrons. The lowest BCUT2D eigenvalue weighted by molar-refractivity contribution is 0.0633. The number of halogens is 1. The second kappa shape index (κ2) is 6.86. The van der Waals surface area contributed by atoms with Gasteiger partial charge in [0.05, 0.1) is 15.3 Å². The molecule has 2 aromatic rings. The lowest BCUT2D eigenvalue weighted by atomic mass is 10.1. The highest BCUT2D eigenvalue weighted by Crippen LogP contribution is 2.27. The van der Waals surface area contributed by atoms with Gasteiger partial charge >= 0.3 is 0 Å². The Kier molecular flexibility index (Phi) is 4.61. The second-order valence-electron chi connectivity index (χ2n) is 6.21. The van der Waals surface area contributed by atoms with Crippen LogP contribution in [0.3, 0.4) is 0 Å². The number of thiophene rings is 1. The fraction of sp³-hybridized carbons (Fsp3) is 0.389. The van der Waals surface area contributed by atoms with Gasteiger partial charge in [-0.25, -0.2) is 0 Å². The third kappa shape index (κ3) is 3.36. The standard InChI is InChI=1S/C18H19BrN2O2S/c19-17-4-3-16(24-17)18(22)21-8-6-20(7-9-21)12-13-1-2-15-14(11-13)5-10-23-15/h1-4,11H,5-10,12H2. The molecule has 0 atom stereocenters. The molecule has 2 aliphatic rings. The van der Waals surface area contributed by atoms with Gasteiger partial charge in [0, 0.05) is 39.1 Å². The number of rotatable bonds is 3. The summed E-state index contributed by atoms with van der Waals surface area (Å²) < 4.78 is 6.57. The van der Waals surface area contributed by atoms with Crippen LogP contribution in [0.25, 0.3) is 0 Å². The van der Waals surface area contributed by atoms with Crippen LogP contribution >= 0.6 is 27.3 Å². The van der Waals surface area contributed by atoms with Crippen LogP contribution in [0.5, 0.6) is 5.75 Å². The summed E-state index contributed by atoms with van der Waals surface area (Å²) in [6, 6.07) is 10.3. The normalized spacial score (nSPS) is 17.6. The Labute approximate surface area is 154 Å². The van der Waals surface area contributed by atoms with E-state index in [0.29, 0.717) is 0 Å². The van der Waals surface area contributed by atoms with Crippen LogP contribution in [-0.4, -0.2) is 48.5 Å². The molecular formula is C18H19BrN2O2S. The van der Waals surface area contributed by atoms with Crippen molar-refractivity contribution in [1.29, 1.82) is 0 Å². The van der Waals surface area contributed by atoms with Crippen LogP contribution in [0.4, 0.5) is 0 Å². The van der Waals surface area contributed by atoms with E-state index in [1.54, 1.807) is 0 Å². The first kappa shape index (κ1) is 16.1. The first-order valence-corrected chi connectivity index (χ1v) is 9.81. The zero-order chi connectivity index (χ0) is 16.5. The number of carbonyl (C=O) groups excluding carboxylic acids is 1. The van der Waals surface area contributed by atoms with Crippen molar-refractivity contribution in [2.75, 3.05) is 32.8 Å². The van der Waals surface area contributed by atoms with E-state index in [-0.39, 0.29) is 5.91 Å². The Bertz CT molecular complexity index is 753. The number of piperazine rings is 1. The van der Waals surface area contributed by atoms with E-state index in [9.17, 15) is 4.79 Å². The highest BCUT2D eigenvalue weighted by atomic mass is 79.9. The average Bonchev–Trinajstić information content (AvgIpc) is 3.23. The summed E-state index contributed by atoms with van der Waals surface area (Å²) in [6.45, 7) is 5.18. The number of ether oxygens (including phenoxy) is 1. The fourth-order valence-electron chi connectivity index (χ4n) is 3.29. The van der Waals surface area contributed by atoms with E-state index < -0.39 is 0 Å². The molecule has 0 spiro atoms. The second-order valence-corrected chi connectivity index (χ2v) is 8.68. The zero-order valence-corrected chi connectivity index (χ0v) is 15.7. The molecule has 0 bridgehead atoms. The predicted octanol–water partition coefficient (Wildman–Crippen LogP) is 3.40. The van der Waals surface area contributed by atoms with Gasteiger partial charge in [-0.15, -0.1) is 11.3 Å². The Morgan fingerprint density at radius 1 is 1.17 bits per heavy atom. The third-order valence-electron chi connectivity index (χ3n) is 4.60. The SMILES string of the molecule is O=C(c1ccc(Br)s1)N1CCN(Cc2ccc3c(c2)CCO3)CC1. The Morgan fingerprint density at radius 2 is 2.00 bits per heavy atom. The van der Waals surface area contributed by atoms with Gasteiger partial charge in [0.2, 0.25) is 0 Å². The predicted molar refractivity (Wildman–Crippen MR) is 98.8 cm³/mol.